The molecule has 4 aliphatic rings. The summed E-state index contributed by atoms with van der Waals surface area (Å²) in [6.07, 6.45) is 11.6. The average molecular weight is 665 g/mol. The van der Waals surface area contributed by atoms with Crippen LogP contribution in [-0.2, 0) is 49.0 Å². The minimum Gasteiger partial charge on any atom is -0.372 e. The molecular formula is C30H58FeO8P2. The monoisotopic (exact) mass is 664 g/mol. The minimum absolute atomic E-state index is 0. The predicted octanol–water partition coefficient (Wildman–Crippen LogP) is 8.34. The molecule has 6 unspecified atom stereocenters. The molecule has 8 nitrogen and oxygen atoms in total. The minimum atomic E-state index is -3.96. The number of phosphoric acid groups is 1. The quantitative estimate of drug-likeness (QED) is 0.134. The molecule has 1 aliphatic heterocycles. The number of hydrogen-bond acceptors (Lipinski definition) is 7. The topological polar surface area (TPSA) is 101 Å². The summed E-state index contributed by atoms with van der Waals surface area (Å²) >= 11 is 0. The Balaban J connectivity index is 0.000000391. The van der Waals surface area contributed by atoms with Gasteiger partial charge in [-0.1, -0.05) is 60.3 Å². The molecule has 0 bridgehead atoms. The van der Waals surface area contributed by atoms with Crippen molar-refractivity contribution in [2.24, 2.45) is 41.4 Å². The fourth-order valence-corrected chi connectivity index (χ4v) is 8.70. The summed E-state index contributed by atoms with van der Waals surface area (Å²) in [6, 6.07) is 0. The Kier molecular flexibility index (Phi) is 17.5. The molecule has 0 amide bonds. The smallest absolute Gasteiger partial charge is 0.372 e. The van der Waals surface area contributed by atoms with E-state index in [9.17, 15) is 14.0 Å². The second kappa shape index (κ2) is 18.0. The summed E-state index contributed by atoms with van der Waals surface area (Å²) in [5, 5.41) is 0. The van der Waals surface area contributed by atoms with E-state index in [1.54, 1.807) is 6.66 Å². The molecule has 4 rings (SSSR count). The van der Waals surface area contributed by atoms with E-state index in [0.29, 0.717) is 42.1 Å². The zero-order valence-electron chi connectivity index (χ0n) is 26.7. The molecule has 0 aromatic heterocycles. The maximum absolute atomic E-state index is 12.5. The average Bonchev–Trinajstić information content (AvgIpc) is 3.67. The molecule has 11 heteroatoms. The van der Waals surface area contributed by atoms with Crippen LogP contribution in [0.2, 0.25) is 0 Å². The van der Waals surface area contributed by atoms with E-state index in [-0.39, 0.29) is 61.9 Å². The van der Waals surface area contributed by atoms with Crippen LogP contribution >= 0.6 is 15.4 Å². The van der Waals surface area contributed by atoms with Gasteiger partial charge < -0.3 is 32.5 Å². The summed E-state index contributed by atoms with van der Waals surface area (Å²) < 4.78 is 51.7. The van der Waals surface area contributed by atoms with Gasteiger partial charge in [0.2, 0.25) is 0 Å². The van der Waals surface area contributed by atoms with Crippen molar-refractivity contribution in [3.8, 4) is 0 Å². The van der Waals surface area contributed by atoms with Gasteiger partial charge in [0.25, 0.3) is 0 Å². The molecule has 0 spiro atoms. The molecule has 0 radical (unpaired) electrons. The molecule has 4 fully saturated rings. The number of ether oxygens (including phenoxy) is 1. The number of phosphoric ester groups is 1. The first kappa shape index (κ1) is 39.8. The van der Waals surface area contributed by atoms with E-state index in [1.165, 1.54) is 25.7 Å². The van der Waals surface area contributed by atoms with Crippen LogP contribution in [-0.4, -0.2) is 49.7 Å². The van der Waals surface area contributed by atoms with E-state index < -0.39 is 15.4 Å². The van der Waals surface area contributed by atoms with Gasteiger partial charge in [0, 0.05) is 13.3 Å². The van der Waals surface area contributed by atoms with Crippen molar-refractivity contribution in [3.63, 3.8) is 0 Å². The normalized spacial score (nSPS) is 38.3. The van der Waals surface area contributed by atoms with Crippen LogP contribution < -0.4 is 0 Å². The van der Waals surface area contributed by atoms with Crippen molar-refractivity contribution >= 4 is 15.4 Å². The summed E-state index contributed by atoms with van der Waals surface area (Å²) in [5.74, 6) is 3.21. The van der Waals surface area contributed by atoms with Gasteiger partial charge in [-0.15, -0.1) is 5.92 Å². The van der Waals surface area contributed by atoms with E-state index in [1.807, 2.05) is 6.92 Å². The van der Waals surface area contributed by atoms with Crippen molar-refractivity contribution in [2.75, 3.05) is 26.5 Å². The number of hydrogen-bond donors (Lipinski definition) is 1. The van der Waals surface area contributed by atoms with Crippen molar-refractivity contribution in [1.82, 2.24) is 0 Å². The van der Waals surface area contributed by atoms with Gasteiger partial charge >= 0.3 is 32.5 Å². The maximum atomic E-state index is 12.5. The second-order valence-corrected chi connectivity index (χ2v) is 16.4. The van der Waals surface area contributed by atoms with Gasteiger partial charge in [0.05, 0.1) is 31.5 Å². The molecule has 1 heterocycles. The van der Waals surface area contributed by atoms with Gasteiger partial charge in [0.1, 0.15) is 0 Å². The van der Waals surface area contributed by atoms with Gasteiger partial charge in [-0.3, -0.25) is 13.6 Å². The van der Waals surface area contributed by atoms with Gasteiger partial charge in [0.15, 0.2) is 0 Å². The third-order valence-corrected chi connectivity index (χ3v) is 11.9. The SMILES string of the molecule is CC1C(C)[C@@H](COP(=O)(O)OCC2[CH-]CCC2)O[C@H]1C.CC1[C@H](C)C[C@H](C)[C@@H]1OP(C)(=O)OCC1CCCC1.[CH3-].[Fe+2]. The van der Waals surface area contributed by atoms with Crippen LogP contribution in [0, 0.1) is 55.3 Å². The standard InChI is InChI=1S/C15H29O3P.C14H26O5P.CH3.Fe/c1-11-9-12(2)15(13(11)3)18-19(4,16)17-10-14-7-5-6-8-14;1-10-11(2)14(19-12(10)3)9-18-20(15,16)17-8-13-6-4-5-7-13;;/h11-15H,5-10H2,1-4H3;6,10-14H,4-5,7-9H2,1-3H3,(H,15,16);1H3;/q;2*-1;+2/t11-,12+,13?,15+,19?;10?,11?,12-,13?,14+;;/m10../s1. The molecule has 1 saturated heterocycles. The van der Waals surface area contributed by atoms with Gasteiger partial charge in [-0.25, -0.2) is 4.57 Å². The third kappa shape index (κ3) is 12.6. The van der Waals surface area contributed by atoms with Crippen molar-refractivity contribution in [3.05, 3.63) is 13.8 Å². The summed E-state index contributed by atoms with van der Waals surface area (Å²) in [7, 11) is -6.86. The van der Waals surface area contributed by atoms with E-state index in [2.05, 4.69) is 41.0 Å². The van der Waals surface area contributed by atoms with E-state index in [4.69, 9.17) is 22.8 Å². The van der Waals surface area contributed by atoms with Crippen LogP contribution in [0.5, 0.6) is 0 Å². The number of rotatable bonds is 11. The third-order valence-electron chi connectivity index (χ3n) is 9.73. The first-order valence-electron chi connectivity index (χ1n) is 15.3. The zero-order valence-corrected chi connectivity index (χ0v) is 29.6. The largest absolute Gasteiger partial charge is 2.00 e. The van der Waals surface area contributed by atoms with Crippen molar-refractivity contribution in [1.29, 1.82) is 0 Å². The summed E-state index contributed by atoms with van der Waals surface area (Å²) in [4.78, 5) is 9.69. The Morgan fingerprint density at radius 3 is 1.98 bits per heavy atom. The first-order valence-corrected chi connectivity index (χ1v) is 18.8. The molecule has 244 valence electrons. The summed E-state index contributed by atoms with van der Waals surface area (Å²) in [6.45, 7) is 15.5. The molecule has 0 aromatic carbocycles. The Hall–Kier alpha value is 0.739. The first-order chi connectivity index (χ1) is 18.3. The molecule has 1 N–H and O–H groups in total. The van der Waals surface area contributed by atoms with Crippen molar-refractivity contribution in [2.45, 2.75) is 111 Å². The Morgan fingerprint density at radius 1 is 0.829 bits per heavy atom. The molecule has 11 atom stereocenters. The maximum Gasteiger partial charge on any atom is 2.00 e. The Bertz CT molecular complexity index is 835. The van der Waals surface area contributed by atoms with E-state index in [0.717, 1.165) is 25.7 Å². The molecular weight excluding hydrogens is 606 g/mol. The van der Waals surface area contributed by atoms with Crippen LogP contribution in [0.4, 0.5) is 0 Å². The Labute approximate surface area is 261 Å². The fraction of sp³-hybridized carbons (Fsp3) is 0.933. The Morgan fingerprint density at radius 2 is 1.46 bits per heavy atom. The van der Waals surface area contributed by atoms with Crippen LogP contribution in [0.15, 0.2) is 0 Å². The van der Waals surface area contributed by atoms with Gasteiger partial charge in [-0.2, -0.15) is 6.42 Å². The molecule has 3 aliphatic carbocycles. The van der Waals surface area contributed by atoms with E-state index >= 15 is 0 Å². The molecule has 3 saturated carbocycles. The molecule has 0 aromatic rings. The fourth-order valence-electron chi connectivity index (χ4n) is 6.52. The summed E-state index contributed by atoms with van der Waals surface area (Å²) in [5.41, 5.74) is 0. The van der Waals surface area contributed by atoms with Crippen LogP contribution in [0.3, 0.4) is 0 Å². The van der Waals surface area contributed by atoms with Crippen molar-refractivity contribution < 1.29 is 53.9 Å². The van der Waals surface area contributed by atoms with Crippen LogP contribution in [0.1, 0.15) is 92.9 Å². The zero-order chi connectivity index (χ0) is 28.8. The second-order valence-electron chi connectivity index (χ2n) is 12.9. The molecule has 41 heavy (non-hydrogen) atoms. The predicted molar refractivity (Wildman–Crippen MR) is 161 cm³/mol. The van der Waals surface area contributed by atoms with Crippen LogP contribution in [0.25, 0.3) is 0 Å². The van der Waals surface area contributed by atoms with Gasteiger partial charge in [-0.05, 0) is 61.7 Å².